The van der Waals surface area contributed by atoms with E-state index in [9.17, 15) is 14.4 Å². The highest BCUT2D eigenvalue weighted by Gasteiger charge is 2.26. The van der Waals surface area contributed by atoms with Gasteiger partial charge in [-0.3, -0.25) is 19.4 Å². The Labute approximate surface area is 221 Å². The molecule has 0 bridgehead atoms. The Hall–Kier alpha value is -4.59. The minimum atomic E-state index is -0.846. The lowest BCUT2D eigenvalue weighted by Gasteiger charge is -2.24. The van der Waals surface area contributed by atoms with E-state index in [1.807, 2.05) is 84.9 Å². The highest BCUT2D eigenvalue weighted by atomic mass is 16.2. The zero-order chi connectivity index (χ0) is 26.9. The van der Waals surface area contributed by atoms with Crippen LogP contribution in [-0.2, 0) is 27.2 Å². The van der Waals surface area contributed by atoms with Crippen molar-refractivity contribution in [3.63, 3.8) is 0 Å². The van der Waals surface area contributed by atoms with Gasteiger partial charge >= 0.3 is 0 Å². The third kappa shape index (κ3) is 7.22. The monoisotopic (exact) mass is 509 g/mol. The predicted molar refractivity (Wildman–Crippen MR) is 146 cm³/mol. The van der Waals surface area contributed by atoms with E-state index in [2.05, 4.69) is 20.9 Å². The number of rotatable bonds is 10. The van der Waals surface area contributed by atoms with E-state index in [1.165, 1.54) is 6.92 Å². The molecule has 8 heteroatoms. The van der Waals surface area contributed by atoms with Crippen LogP contribution in [0.3, 0.4) is 0 Å². The minimum Gasteiger partial charge on any atom is -0.346 e. The van der Waals surface area contributed by atoms with Gasteiger partial charge in [0, 0.05) is 13.3 Å². The molecule has 0 aliphatic rings. The third-order valence-electron chi connectivity index (χ3n) is 6.15. The SMILES string of the molecule is CC(=O)N[C@@H](Cc1ccccc1)C(=O)N[C@@H](C)C(=O)N[C@@H](Cc1ccccc1)c1cnc2ccccc2n1. The van der Waals surface area contributed by atoms with Gasteiger partial charge in [0.15, 0.2) is 0 Å². The molecule has 3 atom stereocenters. The number of hydrogen-bond acceptors (Lipinski definition) is 5. The third-order valence-corrected chi connectivity index (χ3v) is 6.15. The molecule has 0 saturated heterocycles. The van der Waals surface area contributed by atoms with Gasteiger partial charge in [-0.15, -0.1) is 0 Å². The van der Waals surface area contributed by atoms with E-state index in [1.54, 1.807) is 13.1 Å². The number of hydrogen-bond donors (Lipinski definition) is 3. The molecule has 0 aliphatic carbocycles. The molecule has 1 aromatic heterocycles. The Balaban J connectivity index is 1.49. The van der Waals surface area contributed by atoms with Crippen LogP contribution in [0.25, 0.3) is 11.0 Å². The normalized spacial score (nSPS) is 13.2. The van der Waals surface area contributed by atoms with Crippen molar-refractivity contribution in [3.05, 3.63) is 108 Å². The fourth-order valence-corrected chi connectivity index (χ4v) is 4.20. The number of aromatic nitrogens is 2. The van der Waals surface area contributed by atoms with Crippen LogP contribution in [0.2, 0.25) is 0 Å². The van der Waals surface area contributed by atoms with Gasteiger partial charge in [0.1, 0.15) is 12.1 Å². The van der Waals surface area contributed by atoms with E-state index in [4.69, 9.17) is 4.98 Å². The molecule has 4 aromatic rings. The van der Waals surface area contributed by atoms with Gasteiger partial charge in [-0.1, -0.05) is 72.8 Å². The quantitative estimate of drug-likeness (QED) is 0.304. The minimum absolute atomic E-state index is 0.309. The second-order valence-corrected chi connectivity index (χ2v) is 9.21. The van der Waals surface area contributed by atoms with E-state index in [0.29, 0.717) is 18.5 Å². The fourth-order valence-electron chi connectivity index (χ4n) is 4.20. The molecule has 3 amide bonds. The van der Waals surface area contributed by atoms with Crippen molar-refractivity contribution in [2.24, 2.45) is 0 Å². The summed E-state index contributed by atoms with van der Waals surface area (Å²) < 4.78 is 0. The molecule has 38 heavy (non-hydrogen) atoms. The summed E-state index contributed by atoms with van der Waals surface area (Å²) in [6.45, 7) is 2.98. The molecule has 0 fully saturated rings. The number of nitrogens with zero attached hydrogens (tertiary/aromatic N) is 2. The molecule has 4 rings (SSSR count). The zero-order valence-electron chi connectivity index (χ0n) is 21.4. The van der Waals surface area contributed by atoms with Crippen molar-refractivity contribution >= 4 is 28.8 Å². The molecule has 0 spiro atoms. The van der Waals surface area contributed by atoms with Crippen molar-refractivity contribution in [2.75, 3.05) is 0 Å². The summed E-state index contributed by atoms with van der Waals surface area (Å²) in [4.78, 5) is 47.3. The largest absolute Gasteiger partial charge is 0.346 e. The Bertz CT molecular complexity index is 1390. The highest BCUT2D eigenvalue weighted by Crippen LogP contribution is 2.19. The van der Waals surface area contributed by atoms with Gasteiger partial charge in [-0.25, -0.2) is 4.98 Å². The average Bonchev–Trinajstić information content (AvgIpc) is 2.93. The summed E-state index contributed by atoms with van der Waals surface area (Å²) in [5.74, 6) is -1.12. The van der Waals surface area contributed by atoms with Crippen molar-refractivity contribution in [3.8, 4) is 0 Å². The molecule has 0 aliphatic heterocycles. The maximum absolute atomic E-state index is 13.3. The van der Waals surface area contributed by atoms with Gasteiger partial charge in [0.2, 0.25) is 17.7 Å². The summed E-state index contributed by atoms with van der Waals surface area (Å²) in [5.41, 5.74) is 4.05. The number of amides is 3. The predicted octanol–water partition coefficient (Wildman–Crippen LogP) is 3.28. The standard InChI is InChI=1S/C30H31N5O3/c1-20(32-30(38)27(33-21(2)36)18-23-13-7-4-8-14-23)29(37)35-26(17-22-11-5-3-6-12-22)28-19-31-24-15-9-10-16-25(24)34-28/h3-16,19-20,26-27H,17-18H2,1-2H3,(H,32,38)(H,33,36)(H,35,37)/t20-,26-,27-/m0/s1. The smallest absolute Gasteiger partial charge is 0.243 e. The first-order valence-electron chi connectivity index (χ1n) is 12.6. The maximum Gasteiger partial charge on any atom is 0.243 e. The first-order chi connectivity index (χ1) is 18.4. The molecule has 194 valence electrons. The van der Waals surface area contributed by atoms with Gasteiger partial charge < -0.3 is 16.0 Å². The molecule has 0 saturated carbocycles. The Morgan fingerprint density at radius 2 is 1.29 bits per heavy atom. The van der Waals surface area contributed by atoms with Gasteiger partial charge in [0.05, 0.1) is 29.0 Å². The Kier molecular flexibility index (Phi) is 8.77. The van der Waals surface area contributed by atoms with Crippen LogP contribution >= 0.6 is 0 Å². The topological polar surface area (TPSA) is 113 Å². The van der Waals surface area contributed by atoms with Crippen LogP contribution in [0.5, 0.6) is 0 Å². The summed E-state index contributed by atoms with van der Waals surface area (Å²) in [6.07, 6.45) is 2.48. The molecule has 0 radical (unpaired) electrons. The van der Waals surface area contributed by atoms with Gasteiger partial charge in [0.25, 0.3) is 0 Å². The van der Waals surface area contributed by atoms with E-state index < -0.39 is 24.0 Å². The second kappa shape index (κ2) is 12.6. The summed E-state index contributed by atoms with van der Waals surface area (Å²) in [6, 6.07) is 24.6. The van der Waals surface area contributed by atoms with Gasteiger partial charge in [-0.05, 0) is 36.6 Å². The van der Waals surface area contributed by atoms with Crippen molar-refractivity contribution in [1.82, 2.24) is 25.9 Å². The Morgan fingerprint density at radius 1 is 0.711 bits per heavy atom. The number of carbonyl (C=O) groups is 3. The van der Waals surface area contributed by atoms with Crippen molar-refractivity contribution < 1.29 is 14.4 Å². The molecule has 8 nitrogen and oxygen atoms in total. The molecule has 1 heterocycles. The molecule has 0 unspecified atom stereocenters. The molecular weight excluding hydrogens is 478 g/mol. The lowest BCUT2D eigenvalue weighted by atomic mass is 10.0. The molecule has 3 aromatic carbocycles. The van der Waals surface area contributed by atoms with Gasteiger partial charge in [-0.2, -0.15) is 0 Å². The van der Waals surface area contributed by atoms with E-state index in [-0.39, 0.29) is 11.8 Å². The van der Waals surface area contributed by atoms with Crippen molar-refractivity contribution in [2.45, 2.75) is 44.8 Å². The lowest BCUT2D eigenvalue weighted by Crippen LogP contribution is -2.53. The first kappa shape index (κ1) is 26.5. The van der Waals surface area contributed by atoms with E-state index in [0.717, 1.165) is 22.2 Å². The van der Waals surface area contributed by atoms with E-state index >= 15 is 0 Å². The second-order valence-electron chi connectivity index (χ2n) is 9.21. The summed E-state index contributed by atoms with van der Waals surface area (Å²) in [7, 11) is 0. The van der Waals surface area contributed by atoms with Crippen LogP contribution in [-0.4, -0.2) is 39.8 Å². The molecular formula is C30H31N5O3. The summed E-state index contributed by atoms with van der Waals surface area (Å²) >= 11 is 0. The van der Waals surface area contributed by atoms with Crippen LogP contribution in [0, 0.1) is 0 Å². The Morgan fingerprint density at radius 3 is 1.92 bits per heavy atom. The number of carbonyl (C=O) groups excluding carboxylic acids is 3. The molecule has 3 N–H and O–H groups in total. The van der Waals surface area contributed by atoms with Crippen LogP contribution in [0.4, 0.5) is 0 Å². The van der Waals surface area contributed by atoms with Crippen LogP contribution in [0.15, 0.2) is 91.1 Å². The number of nitrogens with one attached hydrogen (secondary N) is 3. The fraction of sp³-hybridized carbons (Fsp3) is 0.233. The highest BCUT2D eigenvalue weighted by molar-refractivity contribution is 5.91. The number of benzene rings is 3. The maximum atomic E-state index is 13.3. The summed E-state index contributed by atoms with van der Waals surface area (Å²) in [5, 5.41) is 8.48. The van der Waals surface area contributed by atoms with Crippen molar-refractivity contribution in [1.29, 1.82) is 0 Å². The number of fused-ring (bicyclic) bond motifs is 1. The lowest BCUT2D eigenvalue weighted by molar-refractivity contribution is -0.131. The van der Waals surface area contributed by atoms with Crippen LogP contribution in [0.1, 0.15) is 36.7 Å². The zero-order valence-corrected chi connectivity index (χ0v) is 21.4. The van der Waals surface area contributed by atoms with Crippen LogP contribution < -0.4 is 16.0 Å². The first-order valence-corrected chi connectivity index (χ1v) is 12.6. The average molecular weight is 510 g/mol. The number of para-hydroxylation sites is 2.